The summed E-state index contributed by atoms with van der Waals surface area (Å²) in [6.07, 6.45) is 0. The van der Waals surface area contributed by atoms with Crippen molar-refractivity contribution in [3.8, 4) is 11.8 Å². The van der Waals surface area contributed by atoms with Gasteiger partial charge >= 0.3 is 5.97 Å². The molecule has 6 nitrogen and oxygen atoms in total. The van der Waals surface area contributed by atoms with Gasteiger partial charge in [0.05, 0.1) is 18.1 Å². The molecule has 6 heteroatoms. The van der Waals surface area contributed by atoms with Gasteiger partial charge in [-0.25, -0.2) is 4.79 Å². The van der Waals surface area contributed by atoms with Gasteiger partial charge in [-0.05, 0) is 25.5 Å². The molecule has 0 saturated carbocycles. The molecular weight excluding hydrogens is 368 g/mol. The standard InChI is InChI=1S/C23H22N2O4/c1-3-27-23(26)20-15(2)29-22(25)18(13-24)21(20)17-11-7-8-12-19(17)28-14-16-9-5-4-6-10-16/h4-12,21H,3,14,25H2,1-2H3/t21-/m0/s1. The normalized spacial score (nSPS) is 16.1. The summed E-state index contributed by atoms with van der Waals surface area (Å²) in [7, 11) is 0. The highest BCUT2D eigenvalue weighted by Crippen LogP contribution is 2.43. The zero-order chi connectivity index (χ0) is 20.8. The maximum Gasteiger partial charge on any atom is 0.338 e. The van der Waals surface area contributed by atoms with Crippen LogP contribution in [0.4, 0.5) is 0 Å². The highest BCUT2D eigenvalue weighted by molar-refractivity contribution is 5.92. The van der Waals surface area contributed by atoms with Crippen LogP contribution in [-0.2, 0) is 20.9 Å². The van der Waals surface area contributed by atoms with Gasteiger partial charge in [-0.3, -0.25) is 0 Å². The van der Waals surface area contributed by atoms with Gasteiger partial charge < -0.3 is 19.9 Å². The van der Waals surface area contributed by atoms with E-state index >= 15 is 0 Å². The maximum atomic E-state index is 12.7. The molecule has 0 aliphatic carbocycles. The maximum absolute atomic E-state index is 12.7. The number of ether oxygens (including phenoxy) is 3. The number of esters is 1. The number of nitrogens with zero attached hydrogens (tertiary/aromatic N) is 1. The van der Waals surface area contributed by atoms with E-state index in [1.165, 1.54) is 0 Å². The Balaban J connectivity index is 2.04. The number of hydrogen-bond donors (Lipinski definition) is 1. The molecule has 0 amide bonds. The van der Waals surface area contributed by atoms with E-state index in [0.717, 1.165) is 5.56 Å². The van der Waals surface area contributed by atoms with Crippen LogP contribution in [0.25, 0.3) is 0 Å². The average Bonchev–Trinajstić information content (AvgIpc) is 2.73. The van der Waals surface area contributed by atoms with Crippen molar-refractivity contribution in [2.24, 2.45) is 5.73 Å². The van der Waals surface area contributed by atoms with Crippen LogP contribution in [0.15, 0.2) is 77.4 Å². The van der Waals surface area contributed by atoms with Crippen molar-refractivity contribution in [1.82, 2.24) is 0 Å². The molecule has 1 atom stereocenters. The summed E-state index contributed by atoms with van der Waals surface area (Å²) in [5, 5.41) is 9.72. The molecule has 3 rings (SSSR count). The predicted octanol–water partition coefficient (Wildman–Crippen LogP) is 3.91. The molecule has 1 aliphatic rings. The van der Waals surface area contributed by atoms with Gasteiger partial charge in [0, 0.05) is 5.56 Å². The zero-order valence-electron chi connectivity index (χ0n) is 16.3. The fraction of sp³-hybridized carbons (Fsp3) is 0.217. The van der Waals surface area contributed by atoms with Crippen LogP contribution in [0, 0.1) is 11.3 Å². The number of allylic oxidation sites excluding steroid dienone is 2. The molecular formula is C23H22N2O4. The molecule has 0 unspecified atom stereocenters. The van der Waals surface area contributed by atoms with E-state index in [-0.39, 0.29) is 23.6 Å². The van der Waals surface area contributed by atoms with E-state index in [1.54, 1.807) is 19.9 Å². The van der Waals surface area contributed by atoms with Crippen LogP contribution in [0.3, 0.4) is 0 Å². The number of carbonyl (C=O) groups is 1. The van der Waals surface area contributed by atoms with E-state index in [2.05, 4.69) is 6.07 Å². The molecule has 1 heterocycles. The second-order valence-electron chi connectivity index (χ2n) is 6.43. The summed E-state index contributed by atoms with van der Waals surface area (Å²) in [6, 6.07) is 19.1. The summed E-state index contributed by atoms with van der Waals surface area (Å²) in [6.45, 7) is 3.90. The van der Waals surface area contributed by atoms with Gasteiger partial charge in [0.2, 0.25) is 5.88 Å². The number of hydrogen-bond acceptors (Lipinski definition) is 6. The van der Waals surface area contributed by atoms with E-state index in [4.69, 9.17) is 19.9 Å². The van der Waals surface area contributed by atoms with Crippen molar-refractivity contribution < 1.29 is 19.0 Å². The molecule has 0 bridgehead atoms. The third-order valence-electron chi connectivity index (χ3n) is 4.57. The highest BCUT2D eigenvalue weighted by Gasteiger charge is 2.37. The number of rotatable bonds is 6. The Bertz CT molecular complexity index is 1000. The van der Waals surface area contributed by atoms with Gasteiger partial charge in [-0.15, -0.1) is 0 Å². The first kappa shape index (κ1) is 20.0. The quantitative estimate of drug-likeness (QED) is 0.752. The fourth-order valence-electron chi connectivity index (χ4n) is 3.25. The van der Waals surface area contributed by atoms with Gasteiger partial charge in [-0.1, -0.05) is 48.5 Å². The molecule has 2 N–H and O–H groups in total. The van der Waals surface area contributed by atoms with Crippen molar-refractivity contribution in [3.05, 3.63) is 88.5 Å². The SMILES string of the molecule is CCOC(=O)C1=C(C)OC(N)=C(C#N)[C@@H]1c1ccccc1OCc1ccccc1. The molecule has 148 valence electrons. The first-order chi connectivity index (χ1) is 14.1. The molecule has 1 aliphatic heterocycles. The van der Waals surface area contributed by atoms with Crippen molar-refractivity contribution in [2.75, 3.05) is 6.61 Å². The molecule has 0 radical (unpaired) electrons. The Morgan fingerprint density at radius 3 is 2.55 bits per heavy atom. The third kappa shape index (κ3) is 4.25. The number of carbonyl (C=O) groups excluding carboxylic acids is 1. The van der Waals surface area contributed by atoms with Gasteiger partial charge in [-0.2, -0.15) is 5.26 Å². The Kier molecular flexibility index (Phi) is 6.20. The van der Waals surface area contributed by atoms with Gasteiger partial charge in [0.1, 0.15) is 29.8 Å². The van der Waals surface area contributed by atoms with Crippen LogP contribution >= 0.6 is 0 Å². The Hall–Kier alpha value is -3.72. The van der Waals surface area contributed by atoms with E-state index in [1.807, 2.05) is 48.5 Å². The number of nitrogens with two attached hydrogens (primary N) is 1. The van der Waals surface area contributed by atoms with E-state index in [9.17, 15) is 10.1 Å². The summed E-state index contributed by atoms with van der Waals surface area (Å²) in [5.41, 5.74) is 8.01. The largest absolute Gasteiger partial charge is 0.489 e. The minimum atomic E-state index is -0.736. The lowest BCUT2D eigenvalue weighted by molar-refractivity contribution is -0.139. The van der Waals surface area contributed by atoms with Crippen molar-refractivity contribution >= 4 is 5.97 Å². The number of para-hydroxylation sites is 1. The third-order valence-corrected chi connectivity index (χ3v) is 4.57. The minimum absolute atomic E-state index is 0.0269. The first-order valence-corrected chi connectivity index (χ1v) is 9.27. The highest BCUT2D eigenvalue weighted by atomic mass is 16.5. The van der Waals surface area contributed by atoms with Gasteiger partial charge in [0.25, 0.3) is 0 Å². The van der Waals surface area contributed by atoms with E-state index < -0.39 is 11.9 Å². The lowest BCUT2D eigenvalue weighted by Crippen LogP contribution is -2.26. The first-order valence-electron chi connectivity index (χ1n) is 9.27. The second-order valence-corrected chi connectivity index (χ2v) is 6.43. The Morgan fingerprint density at radius 1 is 1.17 bits per heavy atom. The van der Waals surface area contributed by atoms with Crippen LogP contribution in [0.5, 0.6) is 5.75 Å². The molecule has 0 aromatic heterocycles. The molecule has 0 spiro atoms. The number of benzene rings is 2. The molecule has 0 fully saturated rings. The van der Waals surface area contributed by atoms with Crippen molar-refractivity contribution in [3.63, 3.8) is 0 Å². The van der Waals surface area contributed by atoms with Crippen molar-refractivity contribution in [2.45, 2.75) is 26.4 Å². The van der Waals surface area contributed by atoms with Crippen molar-refractivity contribution in [1.29, 1.82) is 5.26 Å². The summed E-state index contributed by atoms with van der Waals surface area (Å²) < 4.78 is 16.7. The Morgan fingerprint density at radius 2 is 1.86 bits per heavy atom. The summed E-state index contributed by atoms with van der Waals surface area (Å²) in [4.78, 5) is 12.7. The monoisotopic (exact) mass is 390 g/mol. The molecule has 2 aromatic rings. The van der Waals surface area contributed by atoms with Crippen LogP contribution in [-0.4, -0.2) is 12.6 Å². The molecule has 2 aromatic carbocycles. The van der Waals surface area contributed by atoms with E-state index in [0.29, 0.717) is 23.7 Å². The fourth-order valence-corrected chi connectivity index (χ4v) is 3.25. The van der Waals surface area contributed by atoms with Gasteiger partial charge in [0.15, 0.2) is 0 Å². The average molecular weight is 390 g/mol. The topological polar surface area (TPSA) is 94.6 Å². The summed E-state index contributed by atoms with van der Waals surface area (Å²) >= 11 is 0. The molecule has 29 heavy (non-hydrogen) atoms. The number of nitriles is 1. The Labute approximate surface area is 169 Å². The minimum Gasteiger partial charge on any atom is -0.489 e. The van der Waals surface area contributed by atoms with Crippen LogP contribution < -0.4 is 10.5 Å². The smallest absolute Gasteiger partial charge is 0.338 e. The lowest BCUT2D eigenvalue weighted by atomic mass is 9.82. The molecule has 0 saturated heterocycles. The lowest BCUT2D eigenvalue weighted by Gasteiger charge is -2.28. The summed E-state index contributed by atoms with van der Waals surface area (Å²) in [5.74, 6) is -0.449. The zero-order valence-corrected chi connectivity index (χ0v) is 16.3. The predicted molar refractivity (Wildman–Crippen MR) is 107 cm³/mol. The van der Waals surface area contributed by atoms with Crippen LogP contribution in [0.1, 0.15) is 30.9 Å². The second kappa shape index (κ2) is 8.98. The van der Waals surface area contributed by atoms with Crippen LogP contribution in [0.2, 0.25) is 0 Å².